The Morgan fingerprint density at radius 3 is 2.69 bits per heavy atom. The third-order valence-electron chi connectivity index (χ3n) is 1.60. The molecule has 0 aliphatic carbocycles. The lowest BCUT2D eigenvalue weighted by Crippen LogP contribution is -2.06. The number of carbonyl (C=O) groups is 1. The Labute approximate surface area is 88.6 Å². The fourth-order valence-corrected chi connectivity index (χ4v) is 1.51. The molecule has 1 aromatic rings. The van der Waals surface area contributed by atoms with Crippen molar-refractivity contribution >= 4 is 33.5 Å². The number of benzene rings is 1. The SMILES string of the molecule is NCc1cc(Br)c(Cl)cc1C(=O)O. The summed E-state index contributed by atoms with van der Waals surface area (Å²) in [5, 5.41) is 9.15. The normalized spacial score (nSPS) is 10.1. The van der Waals surface area contributed by atoms with Gasteiger partial charge in [0.2, 0.25) is 0 Å². The Balaban J connectivity index is 3.33. The zero-order valence-electron chi connectivity index (χ0n) is 6.55. The summed E-state index contributed by atoms with van der Waals surface area (Å²) < 4.78 is 0.652. The first kappa shape index (κ1) is 10.5. The Morgan fingerprint density at radius 2 is 2.23 bits per heavy atom. The summed E-state index contributed by atoms with van der Waals surface area (Å²) in [7, 11) is 0. The third kappa shape index (κ3) is 2.21. The Bertz CT molecular complexity index is 354. The molecule has 0 fully saturated rings. The minimum Gasteiger partial charge on any atom is -0.478 e. The summed E-state index contributed by atoms with van der Waals surface area (Å²) in [5.74, 6) is -1.02. The number of hydrogen-bond donors (Lipinski definition) is 2. The van der Waals surface area contributed by atoms with Crippen molar-refractivity contribution in [2.45, 2.75) is 6.54 Å². The predicted octanol–water partition coefficient (Wildman–Crippen LogP) is 2.26. The first-order valence-corrected chi connectivity index (χ1v) is 4.64. The van der Waals surface area contributed by atoms with Gasteiger partial charge in [0.05, 0.1) is 10.6 Å². The smallest absolute Gasteiger partial charge is 0.336 e. The van der Waals surface area contributed by atoms with Crippen LogP contribution in [0.3, 0.4) is 0 Å². The molecular formula is C8H7BrClNO2. The van der Waals surface area contributed by atoms with Crippen molar-refractivity contribution < 1.29 is 9.90 Å². The van der Waals surface area contributed by atoms with Crippen LogP contribution in [0.4, 0.5) is 0 Å². The van der Waals surface area contributed by atoms with Crippen LogP contribution in [0.1, 0.15) is 15.9 Å². The lowest BCUT2D eigenvalue weighted by atomic mass is 10.1. The molecule has 0 heterocycles. The van der Waals surface area contributed by atoms with E-state index in [-0.39, 0.29) is 12.1 Å². The number of halogens is 2. The molecule has 3 N–H and O–H groups in total. The van der Waals surface area contributed by atoms with Crippen molar-refractivity contribution in [2.75, 3.05) is 0 Å². The highest BCUT2D eigenvalue weighted by molar-refractivity contribution is 9.10. The summed E-state index contributed by atoms with van der Waals surface area (Å²) in [5.41, 5.74) is 6.09. The van der Waals surface area contributed by atoms with Crippen molar-refractivity contribution in [1.82, 2.24) is 0 Å². The van der Waals surface area contributed by atoms with Gasteiger partial charge in [-0.05, 0) is 33.6 Å². The quantitative estimate of drug-likeness (QED) is 0.861. The van der Waals surface area contributed by atoms with Gasteiger partial charge in [-0.15, -0.1) is 0 Å². The molecule has 0 spiro atoms. The fourth-order valence-electron chi connectivity index (χ4n) is 0.956. The molecule has 0 aliphatic heterocycles. The summed E-state index contributed by atoms with van der Waals surface area (Å²) >= 11 is 8.93. The van der Waals surface area contributed by atoms with Crippen LogP contribution in [0.25, 0.3) is 0 Å². The maximum Gasteiger partial charge on any atom is 0.336 e. The molecule has 13 heavy (non-hydrogen) atoms. The fraction of sp³-hybridized carbons (Fsp3) is 0.125. The summed E-state index contributed by atoms with van der Waals surface area (Å²) in [4.78, 5) is 10.7. The van der Waals surface area contributed by atoms with Gasteiger partial charge < -0.3 is 10.8 Å². The molecular weight excluding hydrogens is 257 g/mol. The van der Waals surface area contributed by atoms with E-state index in [1.807, 2.05) is 0 Å². The molecule has 0 amide bonds. The van der Waals surface area contributed by atoms with E-state index >= 15 is 0 Å². The highest BCUT2D eigenvalue weighted by atomic mass is 79.9. The van der Waals surface area contributed by atoms with Crippen LogP contribution in [0, 0.1) is 0 Å². The van der Waals surface area contributed by atoms with E-state index in [0.717, 1.165) is 0 Å². The van der Waals surface area contributed by atoms with Crippen LogP contribution in [-0.4, -0.2) is 11.1 Å². The zero-order valence-corrected chi connectivity index (χ0v) is 8.89. The Morgan fingerprint density at radius 1 is 1.62 bits per heavy atom. The lowest BCUT2D eigenvalue weighted by Gasteiger charge is -2.05. The van der Waals surface area contributed by atoms with E-state index in [0.29, 0.717) is 15.1 Å². The van der Waals surface area contributed by atoms with Gasteiger partial charge in [-0.3, -0.25) is 0 Å². The van der Waals surface area contributed by atoms with Crippen molar-refractivity contribution in [3.8, 4) is 0 Å². The molecule has 5 heteroatoms. The minimum absolute atomic E-state index is 0.149. The first-order chi connectivity index (χ1) is 6.06. The molecule has 0 aliphatic rings. The molecule has 1 aromatic carbocycles. The van der Waals surface area contributed by atoms with Gasteiger partial charge in [-0.1, -0.05) is 11.6 Å². The molecule has 0 radical (unpaired) electrons. The maximum atomic E-state index is 10.7. The molecule has 1 rings (SSSR count). The Kier molecular flexibility index (Phi) is 3.30. The van der Waals surface area contributed by atoms with Gasteiger partial charge >= 0.3 is 5.97 Å². The van der Waals surface area contributed by atoms with E-state index in [4.69, 9.17) is 22.4 Å². The lowest BCUT2D eigenvalue weighted by molar-refractivity contribution is 0.0695. The van der Waals surface area contributed by atoms with Gasteiger partial charge in [-0.25, -0.2) is 4.79 Å². The predicted molar refractivity (Wildman–Crippen MR) is 54.0 cm³/mol. The van der Waals surface area contributed by atoms with Crippen LogP contribution in [0.2, 0.25) is 5.02 Å². The van der Waals surface area contributed by atoms with Crippen molar-refractivity contribution in [3.63, 3.8) is 0 Å². The van der Waals surface area contributed by atoms with Crippen LogP contribution in [-0.2, 0) is 6.54 Å². The standard InChI is InChI=1S/C8H7BrClNO2/c9-6-1-4(3-11)5(8(12)13)2-7(6)10/h1-2H,3,11H2,(H,12,13). The van der Waals surface area contributed by atoms with Gasteiger partial charge in [0, 0.05) is 11.0 Å². The number of nitrogens with two attached hydrogens (primary N) is 1. The van der Waals surface area contributed by atoms with Crippen LogP contribution in [0.15, 0.2) is 16.6 Å². The Hall–Kier alpha value is -0.580. The van der Waals surface area contributed by atoms with E-state index < -0.39 is 5.97 Å². The zero-order chi connectivity index (χ0) is 10.0. The van der Waals surface area contributed by atoms with Gasteiger partial charge in [0.25, 0.3) is 0 Å². The monoisotopic (exact) mass is 263 g/mol. The van der Waals surface area contributed by atoms with Crippen LogP contribution in [0.5, 0.6) is 0 Å². The van der Waals surface area contributed by atoms with Gasteiger partial charge in [0.15, 0.2) is 0 Å². The summed E-state index contributed by atoms with van der Waals surface area (Å²) in [6.07, 6.45) is 0. The number of rotatable bonds is 2. The van der Waals surface area contributed by atoms with E-state index in [2.05, 4.69) is 15.9 Å². The number of carboxylic acid groups (broad SMARTS) is 1. The van der Waals surface area contributed by atoms with Gasteiger partial charge in [0.1, 0.15) is 0 Å². The summed E-state index contributed by atoms with van der Waals surface area (Å²) in [6, 6.07) is 3.00. The average molecular weight is 265 g/mol. The molecule has 0 atom stereocenters. The molecule has 0 aromatic heterocycles. The molecule has 3 nitrogen and oxygen atoms in total. The summed E-state index contributed by atoms with van der Waals surface area (Å²) in [6.45, 7) is 0.178. The first-order valence-electron chi connectivity index (χ1n) is 3.47. The molecule has 0 saturated heterocycles. The number of carboxylic acids is 1. The maximum absolute atomic E-state index is 10.7. The van der Waals surface area contributed by atoms with Crippen LogP contribution >= 0.6 is 27.5 Å². The van der Waals surface area contributed by atoms with Crippen LogP contribution < -0.4 is 5.73 Å². The second kappa shape index (κ2) is 4.09. The van der Waals surface area contributed by atoms with E-state index in [9.17, 15) is 4.79 Å². The number of hydrogen-bond acceptors (Lipinski definition) is 2. The van der Waals surface area contributed by atoms with E-state index in [1.54, 1.807) is 6.07 Å². The molecule has 0 saturated carbocycles. The second-order valence-electron chi connectivity index (χ2n) is 2.43. The van der Waals surface area contributed by atoms with Gasteiger partial charge in [-0.2, -0.15) is 0 Å². The molecule has 0 bridgehead atoms. The highest BCUT2D eigenvalue weighted by Crippen LogP contribution is 2.26. The molecule has 0 unspecified atom stereocenters. The van der Waals surface area contributed by atoms with Crippen molar-refractivity contribution in [2.24, 2.45) is 5.73 Å². The van der Waals surface area contributed by atoms with Crippen molar-refractivity contribution in [3.05, 3.63) is 32.8 Å². The topological polar surface area (TPSA) is 63.3 Å². The third-order valence-corrected chi connectivity index (χ3v) is 2.79. The largest absolute Gasteiger partial charge is 0.478 e. The highest BCUT2D eigenvalue weighted by Gasteiger charge is 2.11. The average Bonchev–Trinajstić information content (AvgIpc) is 2.08. The molecule has 70 valence electrons. The minimum atomic E-state index is -1.02. The number of aromatic carboxylic acids is 1. The second-order valence-corrected chi connectivity index (χ2v) is 3.69. The van der Waals surface area contributed by atoms with Crippen molar-refractivity contribution in [1.29, 1.82) is 0 Å². The van der Waals surface area contributed by atoms with E-state index in [1.165, 1.54) is 6.07 Å².